The molecule has 1 aromatic carbocycles. The van der Waals surface area contributed by atoms with Gasteiger partial charge in [0.1, 0.15) is 42.7 Å². The Labute approximate surface area is 491 Å². The lowest BCUT2D eigenvalue weighted by Crippen LogP contribution is -2.40. The first-order valence-corrected chi connectivity index (χ1v) is 31.4. The predicted octanol–water partition coefficient (Wildman–Crippen LogP) is 18.2. The summed E-state index contributed by atoms with van der Waals surface area (Å²) in [6.45, 7) is 30.2. The minimum Gasteiger partial charge on any atom is -0.500 e. The smallest absolute Gasteiger partial charge is 0.235 e. The third-order valence-corrected chi connectivity index (χ3v) is 16.2. The van der Waals surface area contributed by atoms with Gasteiger partial charge in [0.15, 0.2) is 11.5 Å². The van der Waals surface area contributed by atoms with Crippen LogP contribution >= 0.6 is 0 Å². The molecule has 4 unspecified atom stereocenters. The number of pyridine rings is 2. The maximum atomic E-state index is 13.8. The summed E-state index contributed by atoms with van der Waals surface area (Å²) in [4.78, 5) is 46.7. The zero-order valence-electron chi connectivity index (χ0n) is 53.9. The monoisotopic (exact) mass is 1130 g/mol. The number of aryl methyl sites for hydroxylation is 4. The fourth-order valence-electron chi connectivity index (χ4n) is 9.79. The number of carbonyl (C=O) groups is 3. The highest BCUT2D eigenvalue weighted by Crippen LogP contribution is 2.36. The van der Waals surface area contributed by atoms with E-state index in [0.717, 1.165) is 108 Å². The van der Waals surface area contributed by atoms with Gasteiger partial charge in [-0.3, -0.25) is 29.7 Å². The van der Waals surface area contributed by atoms with Crippen molar-refractivity contribution < 1.29 is 32.5 Å². The second kappa shape index (κ2) is 39.3. The lowest BCUT2D eigenvalue weighted by atomic mass is 9.92. The van der Waals surface area contributed by atoms with Gasteiger partial charge < -0.3 is 15.0 Å². The number of fused-ring (bicyclic) bond motifs is 1. The minimum absolute atomic E-state index is 0.137. The van der Waals surface area contributed by atoms with Crippen LogP contribution in [0.5, 0.6) is 0 Å². The van der Waals surface area contributed by atoms with Crippen molar-refractivity contribution in [3.8, 4) is 0 Å². The molecule has 7 rings (SSSR count). The number of Topliss-reactive ketones (excluding diaryl/α,β-unsaturated/α-hetero) is 1. The van der Waals surface area contributed by atoms with E-state index in [-0.39, 0.29) is 29.7 Å². The highest BCUT2D eigenvalue weighted by Gasteiger charge is 2.32. The summed E-state index contributed by atoms with van der Waals surface area (Å²) < 4.78 is 35.1. The van der Waals surface area contributed by atoms with Crippen molar-refractivity contribution in [2.45, 2.75) is 250 Å². The van der Waals surface area contributed by atoms with E-state index in [1.54, 1.807) is 21.0 Å². The van der Waals surface area contributed by atoms with Crippen LogP contribution in [0.2, 0.25) is 0 Å². The Kier molecular flexibility index (Phi) is 34.8. The molecule has 12 heteroatoms. The van der Waals surface area contributed by atoms with Gasteiger partial charge in [-0.15, -0.1) is 0 Å². The number of ketones is 1. The number of halogens is 2. The molecule has 5 heterocycles. The van der Waals surface area contributed by atoms with Gasteiger partial charge in [-0.05, 0) is 125 Å². The molecule has 4 aliphatic rings. The Morgan fingerprint density at radius 1 is 0.815 bits per heavy atom. The summed E-state index contributed by atoms with van der Waals surface area (Å²) >= 11 is 0. The summed E-state index contributed by atoms with van der Waals surface area (Å²) in [7, 11) is 5.86. The van der Waals surface area contributed by atoms with E-state index >= 15 is 0 Å². The Morgan fingerprint density at radius 3 is 2.05 bits per heavy atom. The SMILES string of the molecule is C1CCCC1.CCCC.CCCC(C)C(F)CC(C)CC.CCCCC[C@H](C)CC.COC1=C(c2cc(C(=O)CCC/C=C3/Nc4ccc(C)cc4N3C)cc(C)n2)C(C)=[N+](C)CC1.Cc1cc(F)c(C2CCC(=O)NC2=O)nc1C. The number of hydrogen-bond acceptors (Lipinski definition) is 8. The van der Waals surface area contributed by atoms with Crippen LogP contribution in [0.1, 0.15) is 261 Å². The highest BCUT2D eigenvalue weighted by molar-refractivity contribution is 6.21. The van der Waals surface area contributed by atoms with Crippen LogP contribution in [0.4, 0.5) is 20.2 Å². The van der Waals surface area contributed by atoms with Crippen molar-refractivity contribution in [1.29, 1.82) is 0 Å². The predicted molar refractivity (Wildman–Crippen MR) is 338 cm³/mol. The topological polar surface area (TPSA) is 117 Å². The van der Waals surface area contributed by atoms with Crippen molar-refractivity contribution in [1.82, 2.24) is 15.3 Å². The molecular formula is C69H111F2N6O4+. The third kappa shape index (κ3) is 25.4. The molecular weight excluding hydrogens is 1010 g/mol. The van der Waals surface area contributed by atoms with E-state index < -0.39 is 23.8 Å². The molecule has 3 aliphatic heterocycles. The van der Waals surface area contributed by atoms with Crippen LogP contribution in [-0.2, 0) is 14.3 Å². The number of allylic oxidation sites excluding steroid dienone is 2. The molecule has 0 spiro atoms. The fourth-order valence-corrected chi connectivity index (χ4v) is 9.79. The number of anilines is 2. The number of alkyl halides is 1. The maximum absolute atomic E-state index is 13.8. The average molecular weight is 1130 g/mol. The van der Waals surface area contributed by atoms with Crippen LogP contribution in [0, 0.1) is 51.3 Å². The van der Waals surface area contributed by atoms with E-state index in [1.807, 2.05) is 26.0 Å². The molecule has 2 aromatic heterocycles. The van der Waals surface area contributed by atoms with Crippen molar-refractivity contribution in [2.24, 2.45) is 17.8 Å². The van der Waals surface area contributed by atoms with Gasteiger partial charge in [-0.25, -0.2) is 13.4 Å². The molecule has 3 aromatic rings. The standard InChI is InChI=1S/C28H35N4O2.C12H13FN2O2.C11H23F.C9H20.C5H10.C4H10/c1-18-11-12-22-24(15-18)32(5)27(30-22)10-8-7-9-25(33)21-16-19(2)29-23(17-21)28-20(3)31(4)14-13-26(28)34-6;1-6-5-9(13)11(14-7(6)2)8-3-4-10(16)15-12(8)17;1-5-7-10(4)11(12)8-9(3)6-2;1-4-6-7-8-9(3)5-2;1-2-4-5-3-1;1-3-4-2/h10-12,15-17,30H,7-9,13-14H2,1-6H3;5,8H,3-4H2,1-2H3,(H,15,16,17);9-11H,5-8H2,1-4H3;9H,4-8H2,1-3H3;1-5H2;3-4H2,1-2H3/q+1;;;;;/b27-10-;;;;;/t;;;9-;;/m...1../s1. The number of methoxy groups -OCH3 is 1. The zero-order chi connectivity index (χ0) is 60.6. The molecule has 81 heavy (non-hydrogen) atoms. The lowest BCUT2D eigenvalue weighted by molar-refractivity contribution is -0.497. The number of rotatable bonds is 20. The molecule has 2 fully saturated rings. The fraction of sp³-hybridized carbons (Fsp3) is 0.652. The Hall–Kier alpha value is -5.26. The molecule has 2 amide bonds. The number of aromatic nitrogens is 2. The molecule has 454 valence electrons. The number of carbonyl (C=O) groups excluding carboxylic acids is 3. The summed E-state index contributed by atoms with van der Waals surface area (Å²) in [6.07, 6.45) is 26.2. The molecule has 5 atom stereocenters. The first-order chi connectivity index (χ1) is 38.6. The first-order valence-electron chi connectivity index (χ1n) is 31.4. The van der Waals surface area contributed by atoms with Crippen LogP contribution in [0.3, 0.4) is 0 Å². The van der Waals surface area contributed by atoms with Gasteiger partial charge in [0.05, 0.1) is 42.2 Å². The number of piperidine rings is 1. The van der Waals surface area contributed by atoms with Gasteiger partial charge in [0.2, 0.25) is 11.8 Å². The summed E-state index contributed by atoms with van der Waals surface area (Å²) in [6, 6.07) is 11.6. The number of benzene rings is 1. The van der Waals surface area contributed by atoms with Crippen LogP contribution in [0.25, 0.3) is 5.57 Å². The number of hydrogen-bond donors (Lipinski definition) is 2. The average Bonchev–Trinajstić information content (AvgIpc) is 4.14. The second-order valence-electron chi connectivity index (χ2n) is 23.3. The molecule has 1 saturated heterocycles. The minimum atomic E-state index is -0.660. The van der Waals surface area contributed by atoms with Crippen LogP contribution in [0.15, 0.2) is 54.1 Å². The van der Waals surface area contributed by atoms with E-state index in [2.05, 4.69) is 133 Å². The van der Waals surface area contributed by atoms with Gasteiger partial charge in [-0.2, -0.15) is 0 Å². The zero-order valence-corrected chi connectivity index (χ0v) is 53.9. The quantitative estimate of drug-likeness (QED) is 0.0497. The van der Waals surface area contributed by atoms with Crippen molar-refractivity contribution in [3.63, 3.8) is 0 Å². The number of unbranched alkanes of at least 4 members (excludes halogenated alkanes) is 4. The Balaban J connectivity index is 0.000000395. The molecule has 10 nitrogen and oxygen atoms in total. The largest absolute Gasteiger partial charge is 0.500 e. The molecule has 2 N–H and O–H groups in total. The number of nitrogens with zero attached hydrogens (tertiary/aromatic N) is 4. The summed E-state index contributed by atoms with van der Waals surface area (Å²) in [5.74, 6) is 1.99. The van der Waals surface area contributed by atoms with Gasteiger partial charge in [-0.1, -0.05) is 158 Å². The number of ether oxygens (including phenoxy) is 1. The van der Waals surface area contributed by atoms with Gasteiger partial charge >= 0.3 is 0 Å². The lowest BCUT2D eigenvalue weighted by Gasteiger charge is -2.21. The maximum Gasteiger partial charge on any atom is 0.235 e. The second-order valence-corrected chi connectivity index (χ2v) is 23.3. The first kappa shape index (κ1) is 71.8. The van der Waals surface area contributed by atoms with Crippen molar-refractivity contribution >= 4 is 40.3 Å². The number of imide groups is 1. The van der Waals surface area contributed by atoms with E-state index in [9.17, 15) is 23.2 Å². The van der Waals surface area contributed by atoms with Gasteiger partial charge in [0.25, 0.3) is 0 Å². The highest BCUT2D eigenvalue weighted by atomic mass is 19.1. The van der Waals surface area contributed by atoms with E-state index in [4.69, 9.17) is 9.72 Å². The number of amides is 2. The summed E-state index contributed by atoms with van der Waals surface area (Å²) in [5, 5.41) is 5.68. The molecule has 0 radical (unpaired) electrons. The van der Waals surface area contributed by atoms with Crippen LogP contribution < -0.4 is 15.5 Å². The molecule has 1 aliphatic carbocycles. The van der Waals surface area contributed by atoms with Gasteiger partial charge in [0, 0.05) is 43.8 Å². The Bertz CT molecular complexity index is 2470. The van der Waals surface area contributed by atoms with E-state index in [0.29, 0.717) is 24.5 Å². The number of nitrogens with one attached hydrogen (secondary N) is 2. The molecule has 0 bridgehead atoms. The molecule has 1 saturated carbocycles. The van der Waals surface area contributed by atoms with Crippen LogP contribution in [-0.4, -0.2) is 71.8 Å². The summed E-state index contributed by atoms with van der Waals surface area (Å²) in [5.41, 5.74) is 9.65. The Morgan fingerprint density at radius 2 is 1.47 bits per heavy atom. The van der Waals surface area contributed by atoms with E-state index in [1.165, 1.54) is 94.4 Å². The third-order valence-electron chi connectivity index (χ3n) is 16.2. The van der Waals surface area contributed by atoms with Crippen molar-refractivity contribution in [2.75, 3.05) is 38.0 Å². The van der Waals surface area contributed by atoms with Crippen molar-refractivity contribution in [3.05, 3.63) is 99.3 Å². The normalized spacial score (nSPS) is 17.4.